The van der Waals surface area contributed by atoms with Crippen LogP contribution in [0.2, 0.25) is 0 Å². The largest absolute Gasteiger partial charge is 0.497 e. The van der Waals surface area contributed by atoms with E-state index in [2.05, 4.69) is 10.3 Å². The van der Waals surface area contributed by atoms with E-state index in [1.54, 1.807) is 18.2 Å². The molecule has 5 rings (SSSR count). The number of aromatic nitrogens is 1. The summed E-state index contributed by atoms with van der Waals surface area (Å²) >= 11 is 0. The Morgan fingerprint density at radius 1 is 0.968 bits per heavy atom. The third-order valence-corrected chi connectivity index (χ3v) is 5.68. The maximum Gasteiger partial charge on any atom is 0.322 e. The Bertz CT molecular complexity index is 1340. The van der Waals surface area contributed by atoms with Gasteiger partial charge >= 0.3 is 6.03 Å². The van der Waals surface area contributed by atoms with Gasteiger partial charge in [0, 0.05) is 35.9 Å². The predicted octanol–water partition coefficient (Wildman–Crippen LogP) is 4.75. The van der Waals surface area contributed by atoms with Crippen molar-refractivity contribution in [2.75, 3.05) is 12.4 Å². The number of urea groups is 1. The van der Waals surface area contributed by atoms with Gasteiger partial charge in [-0.05, 0) is 52.4 Å². The van der Waals surface area contributed by atoms with Gasteiger partial charge in [0.15, 0.2) is 0 Å². The van der Waals surface area contributed by atoms with Gasteiger partial charge in [-0.3, -0.25) is 4.79 Å². The average Bonchev–Trinajstić information content (AvgIpc) is 3.24. The summed E-state index contributed by atoms with van der Waals surface area (Å²) in [6, 6.07) is 20.9. The number of hydrogen-bond donors (Lipinski definition) is 2. The number of pyridine rings is 1. The highest BCUT2D eigenvalue weighted by Gasteiger charge is 2.23. The van der Waals surface area contributed by atoms with E-state index < -0.39 is 0 Å². The van der Waals surface area contributed by atoms with Gasteiger partial charge in [0.25, 0.3) is 5.56 Å². The lowest BCUT2D eigenvalue weighted by molar-refractivity contribution is 0.212. The number of rotatable bonds is 3. The van der Waals surface area contributed by atoms with Crippen LogP contribution in [-0.2, 0) is 13.1 Å². The predicted molar refractivity (Wildman–Crippen MR) is 121 cm³/mol. The molecule has 2 amide bonds. The molecule has 4 aromatic rings. The molecule has 0 saturated carbocycles. The van der Waals surface area contributed by atoms with Crippen LogP contribution in [-0.4, -0.2) is 23.0 Å². The van der Waals surface area contributed by atoms with Crippen molar-refractivity contribution < 1.29 is 9.53 Å². The summed E-state index contributed by atoms with van der Waals surface area (Å²) in [5, 5.41) is 4.52. The van der Waals surface area contributed by atoms with Crippen molar-refractivity contribution in [1.82, 2.24) is 9.88 Å². The van der Waals surface area contributed by atoms with Crippen LogP contribution in [0.4, 0.5) is 10.5 Å². The first-order valence-electron chi connectivity index (χ1n) is 10.0. The zero-order chi connectivity index (χ0) is 21.4. The lowest BCUT2D eigenvalue weighted by Crippen LogP contribution is -2.30. The van der Waals surface area contributed by atoms with Crippen molar-refractivity contribution in [2.24, 2.45) is 0 Å². The van der Waals surface area contributed by atoms with E-state index in [1.165, 1.54) is 0 Å². The van der Waals surface area contributed by atoms with Crippen LogP contribution in [0.25, 0.3) is 21.9 Å². The Hall–Kier alpha value is -4.06. The molecule has 1 aliphatic rings. The minimum atomic E-state index is -0.141. The number of methoxy groups -OCH3 is 1. The Morgan fingerprint density at radius 2 is 1.71 bits per heavy atom. The van der Waals surface area contributed by atoms with E-state index in [9.17, 15) is 9.59 Å². The molecule has 0 spiro atoms. The van der Waals surface area contributed by atoms with Gasteiger partial charge in [-0.1, -0.05) is 36.4 Å². The van der Waals surface area contributed by atoms with Crippen molar-refractivity contribution in [3.63, 3.8) is 0 Å². The number of carbonyl (C=O) groups is 1. The molecule has 0 aliphatic carbocycles. The Kier molecular flexibility index (Phi) is 4.67. The van der Waals surface area contributed by atoms with Crippen molar-refractivity contribution in [3.05, 3.63) is 94.4 Å². The fourth-order valence-electron chi connectivity index (χ4n) is 4.03. The van der Waals surface area contributed by atoms with E-state index in [0.29, 0.717) is 18.5 Å². The van der Waals surface area contributed by atoms with Crippen LogP contribution in [0.5, 0.6) is 5.75 Å². The number of nitrogens with zero attached hydrogens (tertiary/aromatic N) is 1. The first-order chi connectivity index (χ1) is 15.1. The number of fused-ring (bicyclic) bond motifs is 2. The van der Waals surface area contributed by atoms with E-state index in [0.717, 1.165) is 39.1 Å². The van der Waals surface area contributed by atoms with Crippen LogP contribution in [0, 0.1) is 0 Å². The highest BCUT2D eigenvalue weighted by atomic mass is 16.5. The molecule has 0 saturated heterocycles. The van der Waals surface area contributed by atoms with Crippen LogP contribution >= 0.6 is 0 Å². The third kappa shape index (κ3) is 3.53. The summed E-state index contributed by atoms with van der Waals surface area (Å²) in [6.45, 7) is 1.13. The molecule has 0 bridgehead atoms. The number of ether oxygens (including phenoxy) is 1. The Labute approximate surface area is 179 Å². The Balaban J connectivity index is 1.33. The van der Waals surface area contributed by atoms with E-state index in [4.69, 9.17) is 4.74 Å². The molecular formula is C25H21N3O3. The fraction of sp³-hybridized carbons (Fsp3) is 0.120. The molecule has 2 heterocycles. The Morgan fingerprint density at radius 3 is 2.48 bits per heavy atom. The van der Waals surface area contributed by atoms with Crippen LogP contribution in [0.1, 0.15) is 11.1 Å². The van der Waals surface area contributed by atoms with Gasteiger partial charge in [0.2, 0.25) is 0 Å². The van der Waals surface area contributed by atoms with E-state index >= 15 is 0 Å². The van der Waals surface area contributed by atoms with Gasteiger partial charge in [-0.25, -0.2) is 4.79 Å². The summed E-state index contributed by atoms with van der Waals surface area (Å²) in [6.07, 6.45) is 1.73. The molecule has 0 radical (unpaired) electrons. The second-order valence-corrected chi connectivity index (χ2v) is 7.58. The number of H-pyrrole nitrogens is 1. The number of nitrogens with one attached hydrogen (secondary N) is 2. The average molecular weight is 411 g/mol. The zero-order valence-electron chi connectivity index (χ0n) is 17.0. The highest BCUT2D eigenvalue weighted by Crippen LogP contribution is 2.29. The topological polar surface area (TPSA) is 74.4 Å². The van der Waals surface area contributed by atoms with Crippen LogP contribution < -0.4 is 15.6 Å². The monoisotopic (exact) mass is 411 g/mol. The number of hydrogen-bond acceptors (Lipinski definition) is 3. The molecular weight excluding hydrogens is 390 g/mol. The molecule has 1 aliphatic heterocycles. The summed E-state index contributed by atoms with van der Waals surface area (Å²) in [4.78, 5) is 29.4. The maximum absolute atomic E-state index is 12.7. The molecule has 2 N–H and O–H groups in total. The van der Waals surface area contributed by atoms with Crippen LogP contribution in [0.3, 0.4) is 0 Å². The minimum Gasteiger partial charge on any atom is -0.497 e. The summed E-state index contributed by atoms with van der Waals surface area (Å²) < 4.78 is 5.27. The lowest BCUT2D eigenvalue weighted by Gasteiger charge is -2.16. The van der Waals surface area contributed by atoms with Gasteiger partial charge in [-0.15, -0.1) is 0 Å². The quantitative estimate of drug-likeness (QED) is 0.511. The minimum absolute atomic E-state index is 0.104. The molecule has 0 atom stereocenters. The fourth-order valence-corrected chi connectivity index (χ4v) is 4.03. The number of benzene rings is 3. The second kappa shape index (κ2) is 7.65. The van der Waals surface area contributed by atoms with Gasteiger partial charge in [-0.2, -0.15) is 0 Å². The molecule has 1 aromatic heterocycles. The normalized spacial score (nSPS) is 12.6. The van der Waals surface area contributed by atoms with Crippen molar-refractivity contribution in [3.8, 4) is 16.9 Å². The molecule has 154 valence electrons. The van der Waals surface area contributed by atoms with Crippen molar-refractivity contribution >= 4 is 22.5 Å². The second-order valence-electron chi connectivity index (χ2n) is 7.58. The first kappa shape index (κ1) is 18.9. The summed E-state index contributed by atoms with van der Waals surface area (Å²) in [5.41, 5.74) is 4.76. The molecule has 0 fully saturated rings. The van der Waals surface area contributed by atoms with Gasteiger partial charge < -0.3 is 19.9 Å². The lowest BCUT2D eigenvalue weighted by atomic mass is 10.0. The molecule has 6 heteroatoms. The van der Waals surface area contributed by atoms with E-state index in [-0.39, 0.29) is 11.6 Å². The molecule has 31 heavy (non-hydrogen) atoms. The number of aromatic amines is 1. The molecule has 3 aromatic carbocycles. The SMILES string of the molecule is COc1ccc2c(c1)CN(C(=O)Nc1ccc(-c3c[nH]c(=O)c4ccccc34)cc1)C2. The van der Waals surface area contributed by atoms with Gasteiger partial charge in [0.05, 0.1) is 7.11 Å². The number of amides is 2. The molecule has 0 unspecified atom stereocenters. The number of anilines is 1. The molecule has 6 nitrogen and oxygen atoms in total. The highest BCUT2D eigenvalue weighted by molar-refractivity contribution is 5.96. The number of carbonyl (C=O) groups excluding carboxylic acids is 1. The summed E-state index contributed by atoms with van der Waals surface area (Å²) in [7, 11) is 1.64. The van der Waals surface area contributed by atoms with Crippen molar-refractivity contribution in [1.29, 1.82) is 0 Å². The van der Waals surface area contributed by atoms with Crippen LogP contribution in [0.15, 0.2) is 77.7 Å². The zero-order valence-corrected chi connectivity index (χ0v) is 17.0. The van der Waals surface area contributed by atoms with Gasteiger partial charge in [0.1, 0.15) is 5.75 Å². The van der Waals surface area contributed by atoms with Crippen molar-refractivity contribution in [2.45, 2.75) is 13.1 Å². The third-order valence-electron chi connectivity index (χ3n) is 5.68. The standard InChI is InChI=1S/C25H21N3O3/c1-31-20-11-8-17-14-28(15-18(17)12-20)25(30)27-19-9-6-16(7-10-19)23-13-26-24(29)22-5-3-2-4-21(22)23/h2-13H,14-15H2,1H3,(H,26,29)(H,27,30). The van der Waals surface area contributed by atoms with E-state index in [1.807, 2.05) is 66.7 Å². The first-order valence-corrected chi connectivity index (χ1v) is 10.0. The summed E-state index contributed by atoms with van der Waals surface area (Å²) in [5.74, 6) is 0.798. The maximum atomic E-state index is 12.7. The smallest absolute Gasteiger partial charge is 0.322 e.